The minimum absolute atomic E-state index is 0.105. The van der Waals surface area contributed by atoms with Crippen molar-refractivity contribution in [3.63, 3.8) is 0 Å². The molecule has 1 aromatic carbocycles. The molecule has 1 amide bonds. The van der Waals surface area contributed by atoms with Crippen LogP contribution in [-0.4, -0.2) is 39.5 Å². The number of carbonyl (C=O) groups is 2. The van der Waals surface area contributed by atoms with Gasteiger partial charge in [0.25, 0.3) is 0 Å². The van der Waals surface area contributed by atoms with E-state index >= 15 is 0 Å². The van der Waals surface area contributed by atoms with Gasteiger partial charge < -0.3 is 19.0 Å². The summed E-state index contributed by atoms with van der Waals surface area (Å²) in [5.41, 5.74) is 5.01. The third kappa shape index (κ3) is 4.64. The highest BCUT2D eigenvalue weighted by Crippen LogP contribution is 2.38. The SMILES string of the molecule is COC(=O)c1c(-c2cc(C)ccc2C)csc1NC(=O)CSc1nnc(-c2ccoc2C)n1C. The second kappa shape index (κ2) is 9.86. The van der Waals surface area contributed by atoms with E-state index in [1.54, 1.807) is 6.26 Å². The van der Waals surface area contributed by atoms with E-state index in [0.717, 1.165) is 33.6 Å². The molecule has 0 saturated carbocycles. The van der Waals surface area contributed by atoms with E-state index < -0.39 is 5.97 Å². The van der Waals surface area contributed by atoms with Crippen molar-refractivity contribution < 1.29 is 18.7 Å². The molecule has 4 rings (SSSR count). The van der Waals surface area contributed by atoms with Crippen molar-refractivity contribution in [1.82, 2.24) is 14.8 Å². The quantitative estimate of drug-likeness (QED) is 0.276. The number of benzene rings is 1. The molecule has 0 aliphatic heterocycles. The summed E-state index contributed by atoms with van der Waals surface area (Å²) in [7, 11) is 3.18. The van der Waals surface area contributed by atoms with Crippen molar-refractivity contribution in [2.45, 2.75) is 25.9 Å². The van der Waals surface area contributed by atoms with Crippen LogP contribution < -0.4 is 5.32 Å². The zero-order valence-corrected chi connectivity index (χ0v) is 21.1. The van der Waals surface area contributed by atoms with Gasteiger partial charge in [-0.15, -0.1) is 21.5 Å². The maximum atomic E-state index is 12.8. The van der Waals surface area contributed by atoms with Crippen molar-refractivity contribution in [2.75, 3.05) is 18.2 Å². The molecule has 34 heavy (non-hydrogen) atoms. The van der Waals surface area contributed by atoms with E-state index in [4.69, 9.17) is 9.15 Å². The average molecular weight is 497 g/mol. The standard InChI is InChI=1S/C24H24N4O4S2/c1-13-6-7-14(2)17(10-13)18-11-33-22(20(18)23(30)31-5)25-19(29)12-34-24-27-26-21(28(24)4)16-8-9-32-15(16)3/h6-11H,12H2,1-5H3,(H,25,29). The highest BCUT2D eigenvalue weighted by Gasteiger charge is 2.24. The number of hydrogen-bond donors (Lipinski definition) is 1. The maximum Gasteiger partial charge on any atom is 0.341 e. The van der Waals surface area contributed by atoms with Crippen LogP contribution in [0.15, 0.2) is 45.5 Å². The minimum atomic E-state index is -0.492. The predicted octanol–water partition coefficient (Wildman–Crippen LogP) is 5.25. The molecule has 8 nitrogen and oxygen atoms in total. The number of amides is 1. The van der Waals surface area contributed by atoms with Gasteiger partial charge in [-0.3, -0.25) is 4.79 Å². The largest absolute Gasteiger partial charge is 0.469 e. The van der Waals surface area contributed by atoms with Gasteiger partial charge in [0.05, 0.1) is 24.7 Å². The van der Waals surface area contributed by atoms with Gasteiger partial charge in [0.15, 0.2) is 11.0 Å². The number of thiophene rings is 1. The molecule has 0 radical (unpaired) electrons. The van der Waals surface area contributed by atoms with E-state index in [2.05, 4.69) is 15.5 Å². The van der Waals surface area contributed by atoms with Crippen LogP contribution in [0.3, 0.4) is 0 Å². The Morgan fingerprint density at radius 1 is 1.15 bits per heavy atom. The minimum Gasteiger partial charge on any atom is -0.469 e. The fraction of sp³-hybridized carbons (Fsp3) is 0.250. The smallest absolute Gasteiger partial charge is 0.341 e. The van der Waals surface area contributed by atoms with Crippen LogP contribution in [-0.2, 0) is 16.6 Å². The first-order chi connectivity index (χ1) is 16.3. The van der Waals surface area contributed by atoms with E-state index in [1.807, 2.05) is 62.0 Å². The molecular formula is C24H24N4O4S2. The summed E-state index contributed by atoms with van der Waals surface area (Å²) in [6, 6.07) is 7.89. The number of nitrogens with one attached hydrogen (secondary N) is 1. The molecule has 0 atom stereocenters. The fourth-order valence-corrected chi connectivity index (χ4v) is 5.24. The number of hydrogen-bond acceptors (Lipinski definition) is 8. The van der Waals surface area contributed by atoms with Crippen LogP contribution in [0, 0.1) is 20.8 Å². The van der Waals surface area contributed by atoms with Gasteiger partial charge in [0.2, 0.25) is 5.91 Å². The number of esters is 1. The number of thioether (sulfide) groups is 1. The predicted molar refractivity (Wildman–Crippen MR) is 133 cm³/mol. The topological polar surface area (TPSA) is 99.2 Å². The van der Waals surface area contributed by atoms with Crippen LogP contribution in [0.2, 0.25) is 0 Å². The molecule has 3 heterocycles. The lowest BCUT2D eigenvalue weighted by atomic mass is 9.97. The Labute approximate surface area is 205 Å². The summed E-state index contributed by atoms with van der Waals surface area (Å²) in [5.74, 6) is 0.770. The first kappa shape index (κ1) is 23.8. The van der Waals surface area contributed by atoms with Crippen LogP contribution in [0.1, 0.15) is 27.2 Å². The number of methoxy groups -OCH3 is 1. The lowest BCUT2D eigenvalue weighted by molar-refractivity contribution is -0.113. The van der Waals surface area contributed by atoms with Gasteiger partial charge in [-0.2, -0.15) is 0 Å². The Bertz CT molecular complexity index is 1370. The van der Waals surface area contributed by atoms with Crippen LogP contribution in [0.5, 0.6) is 0 Å². The first-order valence-corrected chi connectivity index (χ1v) is 12.3. The summed E-state index contributed by atoms with van der Waals surface area (Å²) < 4.78 is 12.2. The highest BCUT2D eigenvalue weighted by atomic mass is 32.2. The van der Waals surface area contributed by atoms with Gasteiger partial charge in [-0.25, -0.2) is 4.79 Å². The first-order valence-electron chi connectivity index (χ1n) is 10.4. The van der Waals surface area contributed by atoms with Crippen molar-refractivity contribution in [3.8, 4) is 22.5 Å². The van der Waals surface area contributed by atoms with E-state index in [0.29, 0.717) is 21.5 Å². The molecule has 0 aliphatic carbocycles. The number of nitrogens with zero attached hydrogens (tertiary/aromatic N) is 3. The molecule has 176 valence electrons. The molecular weight excluding hydrogens is 472 g/mol. The molecule has 0 saturated heterocycles. The number of anilines is 1. The Morgan fingerprint density at radius 3 is 2.65 bits per heavy atom. The maximum absolute atomic E-state index is 12.8. The summed E-state index contributed by atoms with van der Waals surface area (Å²) in [4.78, 5) is 25.4. The normalized spacial score (nSPS) is 11.0. The number of furan rings is 1. The van der Waals surface area contributed by atoms with Crippen molar-refractivity contribution in [2.24, 2.45) is 7.05 Å². The summed E-state index contributed by atoms with van der Waals surface area (Å²) in [6.07, 6.45) is 1.60. The van der Waals surface area contributed by atoms with E-state index in [-0.39, 0.29) is 11.7 Å². The van der Waals surface area contributed by atoms with Gasteiger partial charge in [-0.05, 0) is 38.0 Å². The molecule has 0 spiro atoms. The average Bonchev–Trinajstić information content (AvgIpc) is 3.52. The number of ether oxygens (including phenoxy) is 1. The van der Waals surface area contributed by atoms with Crippen LogP contribution >= 0.6 is 23.1 Å². The van der Waals surface area contributed by atoms with Gasteiger partial charge in [0.1, 0.15) is 16.3 Å². The van der Waals surface area contributed by atoms with Crippen molar-refractivity contribution >= 4 is 40.0 Å². The number of rotatable bonds is 7. The molecule has 4 aromatic rings. The van der Waals surface area contributed by atoms with Gasteiger partial charge >= 0.3 is 5.97 Å². The summed E-state index contributed by atoms with van der Waals surface area (Å²) in [5, 5.41) is 14.2. The number of aryl methyl sites for hydroxylation is 3. The molecule has 0 aliphatic rings. The van der Waals surface area contributed by atoms with Crippen molar-refractivity contribution in [1.29, 1.82) is 0 Å². The third-order valence-electron chi connectivity index (χ3n) is 5.38. The van der Waals surface area contributed by atoms with E-state index in [1.165, 1.54) is 30.2 Å². The van der Waals surface area contributed by atoms with Gasteiger partial charge in [-0.1, -0.05) is 35.5 Å². The third-order valence-corrected chi connectivity index (χ3v) is 7.30. The Morgan fingerprint density at radius 2 is 1.94 bits per heavy atom. The summed E-state index contributed by atoms with van der Waals surface area (Å²) in [6.45, 7) is 5.85. The Balaban J connectivity index is 1.52. The molecule has 0 fully saturated rings. The molecule has 10 heteroatoms. The van der Waals surface area contributed by atoms with Crippen LogP contribution in [0.25, 0.3) is 22.5 Å². The molecule has 1 N–H and O–H groups in total. The lowest BCUT2D eigenvalue weighted by Gasteiger charge is -2.10. The van der Waals surface area contributed by atoms with E-state index in [9.17, 15) is 9.59 Å². The highest BCUT2D eigenvalue weighted by molar-refractivity contribution is 7.99. The zero-order valence-electron chi connectivity index (χ0n) is 19.5. The molecule has 0 bridgehead atoms. The lowest BCUT2D eigenvalue weighted by Crippen LogP contribution is -2.16. The van der Waals surface area contributed by atoms with Crippen LogP contribution in [0.4, 0.5) is 5.00 Å². The summed E-state index contributed by atoms with van der Waals surface area (Å²) >= 11 is 2.56. The fourth-order valence-electron chi connectivity index (χ4n) is 3.56. The molecule has 3 aromatic heterocycles. The second-order valence-corrected chi connectivity index (χ2v) is 9.58. The number of aromatic nitrogens is 3. The van der Waals surface area contributed by atoms with Gasteiger partial charge in [0, 0.05) is 18.0 Å². The Kier molecular flexibility index (Phi) is 6.90. The molecule has 0 unspecified atom stereocenters. The van der Waals surface area contributed by atoms with Crippen molar-refractivity contribution in [3.05, 3.63) is 58.4 Å². The Hall–Kier alpha value is -3.37. The number of carbonyl (C=O) groups excluding carboxylic acids is 2. The zero-order chi connectivity index (χ0) is 24.4. The monoisotopic (exact) mass is 496 g/mol. The second-order valence-electron chi connectivity index (χ2n) is 7.76.